The average Bonchev–Trinajstić information content (AvgIpc) is 3.41. The van der Waals surface area contributed by atoms with Crippen LogP contribution in [0.5, 0.6) is 0 Å². The molecule has 0 fully saturated rings. The van der Waals surface area contributed by atoms with Gasteiger partial charge in [-0.05, 0) is 29.5 Å². The van der Waals surface area contributed by atoms with Gasteiger partial charge in [0, 0.05) is 31.0 Å². The fourth-order valence-corrected chi connectivity index (χ4v) is 4.64. The van der Waals surface area contributed by atoms with Crippen molar-refractivity contribution in [1.82, 2.24) is 24.5 Å². The Morgan fingerprint density at radius 3 is 2.84 bits per heavy atom. The molecule has 0 aliphatic carbocycles. The van der Waals surface area contributed by atoms with Crippen LogP contribution in [0.1, 0.15) is 44.0 Å². The van der Waals surface area contributed by atoms with Crippen molar-refractivity contribution in [3.8, 4) is 0 Å². The summed E-state index contributed by atoms with van der Waals surface area (Å²) in [5.74, 6) is 1.13. The smallest absolute Gasteiger partial charge is 0.272 e. The Bertz CT molecular complexity index is 1280. The highest BCUT2D eigenvalue weighted by Gasteiger charge is 2.18. The van der Waals surface area contributed by atoms with Crippen LogP contribution in [0.4, 0.5) is 0 Å². The van der Waals surface area contributed by atoms with Crippen LogP contribution in [0.25, 0.3) is 16.0 Å². The lowest BCUT2D eigenvalue weighted by Crippen LogP contribution is -2.24. The van der Waals surface area contributed by atoms with Crippen molar-refractivity contribution in [2.45, 2.75) is 52.1 Å². The van der Waals surface area contributed by atoms with Gasteiger partial charge in [-0.2, -0.15) is 0 Å². The molecular weight excluding hydrogens is 434 g/mol. The van der Waals surface area contributed by atoms with Gasteiger partial charge in [0.2, 0.25) is 11.7 Å². The minimum absolute atomic E-state index is 0.0231. The third-order valence-electron chi connectivity index (χ3n) is 5.27. The van der Waals surface area contributed by atoms with Gasteiger partial charge in [0.25, 0.3) is 5.56 Å². The zero-order valence-electron chi connectivity index (χ0n) is 17.3. The zero-order chi connectivity index (χ0) is 21.8. The van der Waals surface area contributed by atoms with Crippen molar-refractivity contribution < 1.29 is 4.79 Å². The number of aryl methyl sites for hydroxylation is 2. The monoisotopic (exact) mass is 457 g/mol. The quantitative estimate of drug-likeness (QED) is 0.382. The number of fused-ring (bicyclic) bond motifs is 3. The van der Waals surface area contributed by atoms with Crippen molar-refractivity contribution in [3.63, 3.8) is 0 Å². The summed E-state index contributed by atoms with van der Waals surface area (Å²) in [6.45, 7) is 3.12. The van der Waals surface area contributed by atoms with E-state index in [0.717, 1.165) is 30.3 Å². The second kappa shape index (κ2) is 9.62. The Hall–Kier alpha value is -2.71. The standard InChI is InChI=1S/C22H24ClN5O2S/c1-2-3-6-12-27-21(30)20-17(11-13-31-20)28-18(25-26-22(27)28)9-10-19(29)24-14-15-7-4-5-8-16(15)23/h4-5,7-8,11,13H,2-3,6,9-10,12,14H2,1H3,(H,24,29). The number of thiophene rings is 1. The SMILES string of the molecule is CCCCCn1c(=O)c2sccc2n2c(CCC(=O)NCc3ccccc3Cl)nnc12. The summed E-state index contributed by atoms with van der Waals surface area (Å²) >= 11 is 7.57. The number of halogens is 1. The number of unbranched alkanes of at least 4 members (excludes halogenated alkanes) is 2. The molecule has 3 heterocycles. The van der Waals surface area contributed by atoms with E-state index in [-0.39, 0.29) is 17.9 Å². The first-order valence-corrected chi connectivity index (χ1v) is 11.7. The summed E-state index contributed by atoms with van der Waals surface area (Å²) in [7, 11) is 0. The fraction of sp³-hybridized carbons (Fsp3) is 0.364. The number of hydrogen-bond donors (Lipinski definition) is 1. The van der Waals surface area contributed by atoms with Crippen molar-refractivity contribution >= 4 is 44.8 Å². The Labute approximate surface area is 188 Å². The summed E-state index contributed by atoms with van der Waals surface area (Å²) in [5.41, 5.74) is 1.65. The molecule has 0 bridgehead atoms. The first-order valence-electron chi connectivity index (χ1n) is 10.4. The summed E-state index contributed by atoms with van der Waals surface area (Å²) in [4.78, 5) is 25.3. The molecule has 0 radical (unpaired) electrons. The lowest BCUT2D eigenvalue weighted by molar-refractivity contribution is -0.121. The number of rotatable bonds is 9. The molecule has 1 N–H and O–H groups in total. The van der Waals surface area contributed by atoms with Crippen LogP contribution in [-0.4, -0.2) is 25.1 Å². The number of carbonyl (C=O) groups is 1. The van der Waals surface area contributed by atoms with E-state index in [2.05, 4.69) is 22.4 Å². The molecule has 1 amide bonds. The lowest BCUT2D eigenvalue weighted by Gasteiger charge is -2.09. The number of hydrogen-bond acceptors (Lipinski definition) is 5. The van der Waals surface area contributed by atoms with Crippen molar-refractivity contribution in [1.29, 1.82) is 0 Å². The van der Waals surface area contributed by atoms with E-state index >= 15 is 0 Å². The average molecular weight is 458 g/mol. The van der Waals surface area contributed by atoms with E-state index in [1.165, 1.54) is 11.3 Å². The molecule has 4 rings (SSSR count). The maximum absolute atomic E-state index is 12.9. The van der Waals surface area contributed by atoms with E-state index in [9.17, 15) is 9.59 Å². The third kappa shape index (κ3) is 4.50. The van der Waals surface area contributed by atoms with Gasteiger partial charge in [0.1, 0.15) is 10.5 Å². The number of nitrogens with one attached hydrogen (secondary N) is 1. The summed E-state index contributed by atoms with van der Waals surface area (Å²) in [6.07, 6.45) is 3.73. The molecule has 9 heteroatoms. The molecule has 3 aromatic heterocycles. The van der Waals surface area contributed by atoms with Crippen LogP contribution in [0.2, 0.25) is 5.02 Å². The maximum atomic E-state index is 12.9. The van der Waals surface area contributed by atoms with Crippen molar-refractivity contribution in [2.75, 3.05) is 0 Å². The number of nitrogens with zero attached hydrogens (tertiary/aromatic N) is 4. The summed E-state index contributed by atoms with van der Waals surface area (Å²) in [6, 6.07) is 9.35. The molecule has 0 saturated heterocycles. The van der Waals surface area contributed by atoms with Gasteiger partial charge in [0.05, 0.1) is 5.52 Å². The molecule has 0 aliphatic rings. The van der Waals surface area contributed by atoms with Crippen LogP contribution in [-0.2, 0) is 24.3 Å². The Morgan fingerprint density at radius 2 is 2.03 bits per heavy atom. The number of carbonyl (C=O) groups excluding carboxylic acids is 1. The summed E-state index contributed by atoms with van der Waals surface area (Å²) < 4.78 is 4.32. The summed E-state index contributed by atoms with van der Waals surface area (Å²) in [5, 5.41) is 14.1. The molecular formula is C22H24ClN5O2S. The van der Waals surface area contributed by atoms with Crippen LogP contribution in [0.3, 0.4) is 0 Å². The Kier molecular flexibility index (Phi) is 6.67. The molecule has 31 heavy (non-hydrogen) atoms. The molecule has 4 aromatic rings. The molecule has 162 valence electrons. The zero-order valence-corrected chi connectivity index (χ0v) is 18.9. The highest BCUT2D eigenvalue weighted by atomic mass is 35.5. The minimum atomic E-state index is -0.0884. The van der Waals surface area contributed by atoms with Crippen LogP contribution in [0.15, 0.2) is 40.5 Å². The molecule has 7 nitrogen and oxygen atoms in total. The van der Waals surface area contributed by atoms with E-state index in [0.29, 0.717) is 40.8 Å². The molecule has 0 spiro atoms. The molecule has 0 aliphatic heterocycles. The molecule has 0 unspecified atom stereocenters. The number of benzene rings is 1. The second-order valence-corrected chi connectivity index (χ2v) is 8.74. The van der Waals surface area contributed by atoms with Gasteiger partial charge in [0.15, 0.2) is 0 Å². The van der Waals surface area contributed by atoms with Crippen molar-refractivity contribution in [3.05, 3.63) is 62.5 Å². The van der Waals surface area contributed by atoms with E-state index in [1.54, 1.807) is 10.6 Å². The van der Waals surface area contributed by atoms with Crippen molar-refractivity contribution in [2.24, 2.45) is 0 Å². The predicted molar refractivity (Wildman–Crippen MR) is 124 cm³/mol. The van der Waals surface area contributed by atoms with E-state index in [1.807, 2.05) is 34.0 Å². The van der Waals surface area contributed by atoms with Crippen LogP contribution in [0, 0.1) is 0 Å². The van der Waals surface area contributed by atoms with Gasteiger partial charge in [-0.15, -0.1) is 21.5 Å². The molecule has 0 atom stereocenters. The maximum Gasteiger partial charge on any atom is 0.272 e. The second-order valence-electron chi connectivity index (χ2n) is 7.42. The third-order valence-corrected chi connectivity index (χ3v) is 6.53. The van der Waals surface area contributed by atoms with Gasteiger partial charge in [-0.25, -0.2) is 0 Å². The fourth-order valence-electron chi connectivity index (χ4n) is 3.61. The number of aromatic nitrogens is 4. The number of amides is 1. The van der Waals surface area contributed by atoms with E-state index < -0.39 is 0 Å². The lowest BCUT2D eigenvalue weighted by atomic mass is 10.2. The Morgan fingerprint density at radius 1 is 1.19 bits per heavy atom. The first kappa shape index (κ1) is 21.5. The van der Waals surface area contributed by atoms with E-state index in [4.69, 9.17) is 11.6 Å². The largest absolute Gasteiger partial charge is 0.352 e. The van der Waals surface area contributed by atoms with Gasteiger partial charge in [-0.3, -0.25) is 18.6 Å². The molecule has 1 aromatic carbocycles. The van der Waals surface area contributed by atoms with Gasteiger partial charge in [-0.1, -0.05) is 49.6 Å². The normalized spacial score (nSPS) is 11.4. The van der Waals surface area contributed by atoms with Crippen LogP contribution >= 0.6 is 22.9 Å². The topological polar surface area (TPSA) is 81.3 Å². The molecule has 0 saturated carbocycles. The minimum Gasteiger partial charge on any atom is -0.352 e. The Balaban J connectivity index is 1.54. The predicted octanol–water partition coefficient (Wildman–Crippen LogP) is 4.20. The van der Waals surface area contributed by atoms with Gasteiger partial charge >= 0.3 is 0 Å². The highest BCUT2D eigenvalue weighted by molar-refractivity contribution is 7.17. The first-order chi connectivity index (χ1) is 15.1. The van der Waals surface area contributed by atoms with Crippen LogP contribution < -0.4 is 10.9 Å². The van der Waals surface area contributed by atoms with Gasteiger partial charge < -0.3 is 5.32 Å². The highest BCUT2D eigenvalue weighted by Crippen LogP contribution is 2.21.